The Hall–Kier alpha value is -3.29. The Bertz CT molecular complexity index is 1320. The monoisotopic (exact) mass is 506 g/mol. The van der Waals surface area contributed by atoms with E-state index >= 15 is 0 Å². The summed E-state index contributed by atoms with van der Waals surface area (Å²) in [6.45, 7) is 4.03. The van der Waals surface area contributed by atoms with E-state index in [0.29, 0.717) is 23.8 Å². The number of nitrogens with zero attached hydrogens (tertiary/aromatic N) is 4. The van der Waals surface area contributed by atoms with Crippen molar-refractivity contribution in [1.82, 2.24) is 19.3 Å². The fourth-order valence-corrected chi connectivity index (χ4v) is 5.78. The SMILES string of the molecule is C=Cc1ncc(S(=O)(=O)N2CCC(Nc3nc(N)c(C(=O)c4c(F)cccc4F)s3)CC2)cn1. The van der Waals surface area contributed by atoms with Crippen molar-refractivity contribution in [1.29, 1.82) is 0 Å². The number of thiazole rings is 1. The van der Waals surface area contributed by atoms with Crippen LogP contribution in [0.3, 0.4) is 0 Å². The maximum absolute atomic E-state index is 14.0. The minimum atomic E-state index is -3.74. The summed E-state index contributed by atoms with van der Waals surface area (Å²) in [5, 5.41) is 3.45. The van der Waals surface area contributed by atoms with Gasteiger partial charge in [-0.3, -0.25) is 4.79 Å². The standard InChI is InChI=1S/C21H20F2N6O3S2/c1-2-16-25-10-13(11-26-16)34(31,32)29-8-6-12(7-9-29)27-21-28-20(24)19(33-21)18(30)17-14(22)4-3-5-15(17)23/h2-5,10-12H,1,6-9,24H2,(H,27,28). The lowest BCUT2D eigenvalue weighted by atomic mass is 10.1. The molecule has 0 radical (unpaired) electrons. The van der Waals surface area contributed by atoms with E-state index in [9.17, 15) is 22.0 Å². The van der Waals surface area contributed by atoms with Crippen LogP contribution in [0.1, 0.15) is 33.9 Å². The Morgan fingerprint density at radius 1 is 1.21 bits per heavy atom. The summed E-state index contributed by atoms with van der Waals surface area (Å²) in [6, 6.07) is 3.02. The molecule has 0 unspecified atom stereocenters. The number of rotatable bonds is 7. The van der Waals surface area contributed by atoms with E-state index in [-0.39, 0.29) is 34.7 Å². The maximum atomic E-state index is 14.0. The molecule has 0 atom stereocenters. The molecule has 0 saturated carbocycles. The number of piperidine rings is 1. The molecule has 0 amide bonds. The summed E-state index contributed by atoms with van der Waals surface area (Å²) in [5.74, 6) is -2.65. The first kappa shape index (κ1) is 23.9. The summed E-state index contributed by atoms with van der Waals surface area (Å²) in [6.07, 6.45) is 4.85. The van der Waals surface area contributed by atoms with E-state index in [1.807, 2.05) is 0 Å². The molecular formula is C21H20F2N6O3S2. The molecule has 1 aliphatic rings. The van der Waals surface area contributed by atoms with E-state index in [2.05, 4.69) is 26.8 Å². The predicted molar refractivity (Wildman–Crippen MR) is 124 cm³/mol. The van der Waals surface area contributed by atoms with E-state index < -0.39 is 33.0 Å². The molecule has 9 nitrogen and oxygen atoms in total. The Balaban J connectivity index is 1.42. The number of anilines is 2. The van der Waals surface area contributed by atoms with Gasteiger partial charge in [0.25, 0.3) is 0 Å². The minimum absolute atomic E-state index is 0.000682. The highest BCUT2D eigenvalue weighted by atomic mass is 32.2. The van der Waals surface area contributed by atoms with Crippen molar-refractivity contribution in [2.24, 2.45) is 0 Å². The van der Waals surface area contributed by atoms with Crippen LogP contribution >= 0.6 is 11.3 Å². The highest BCUT2D eigenvalue weighted by Crippen LogP contribution is 2.31. The van der Waals surface area contributed by atoms with Crippen molar-refractivity contribution in [2.45, 2.75) is 23.8 Å². The fraction of sp³-hybridized carbons (Fsp3) is 0.238. The number of nitrogens with one attached hydrogen (secondary N) is 1. The average molecular weight is 507 g/mol. The van der Waals surface area contributed by atoms with Gasteiger partial charge in [0.1, 0.15) is 27.2 Å². The van der Waals surface area contributed by atoms with Gasteiger partial charge >= 0.3 is 0 Å². The third-order valence-electron chi connectivity index (χ3n) is 5.30. The second-order valence-corrected chi connectivity index (χ2v) is 10.4. The largest absolute Gasteiger partial charge is 0.382 e. The number of nitrogen functional groups attached to an aromatic ring is 1. The number of carbonyl (C=O) groups excluding carboxylic acids is 1. The van der Waals surface area contributed by atoms with Gasteiger partial charge < -0.3 is 11.1 Å². The molecule has 178 valence electrons. The third-order valence-corrected chi connectivity index (χ3v) is 8.15. The van der Waals surface area contributed by atoms with Crippen LogP contribution in [0.5, 0.6) is 0 Å². The minimum Gasteiger partial charge on any atom is -0.382 e. The molecule has 2 aromatic heterocycles. The summed E-state index contributed by atoms with van der Waals surface area (Å²) < 4.78 is 55.0. The van der Waals surface area contributed by atoms with E-state index in [0.717, 1.165) is 23.5 Å². The van der Waals surface area contributed by atoms with Crippen molar-refractivity contribution in [3.8, 4) is 0 Å². The van der Waals surface area contributed by atoms with Gasteiger partial charge in [-0.05, 0) is 31.1 Å². The smallest absolute Gasteiger partial charge is 0.246 e. The number of hydrogen-bond donors (Lipinski definition) is 2. The van der Waals surface area contributed by atoms with Crippen LogP contribution in [0.25, 0.3) is 6.08 Å². The number of halogens is 2. The molecule has 1 aromatic carbocycles. The summed E-state index contributed by atoms with van der Waals surface area (Å²) in [4.78, 5) is 24.6. The van der Waals surface area contributed by atoms with Gasteiger partial charge in [-0.15, -0.1) is 0 Å². The quantitative estimate of drug-likeness (QED) is 0.468. The van der Waals surface area contributed by atoms with Crippen LogP contribution in [-0.2, 0) is 10.0 Å². The van der Waals surface area contributed by atoms with Crippen LogP contribution in [0.2, 0.25) is 0 Å². The number of aromatic nitrogens is 3. The number of carbonyl (C=O) groups is 1. The van der Waals surface area contributed by atoms with Gasteiger partial charge in [0.05, 0.1) is 18.0 Å². The number of ketones is 1. The molecule has 1 fully saturated rings. The first-order chi connectivity index (χ1) is 16.2. The van der Waals surface area contributed by atoms with Crippen molar-refractivity contribution in [2.75, 3.05) is 24.1 Å². The molecule has 1 aliphatic heterocycles. The summed E-state index contributed by atoms with van der Waals surface area (Å²) in [5.41, 5.74) is 5.15. The van der Waals surface area contributed by atoms with E-state index in [1.165, 1.54) is 28.8 Å². The second-order valence-electron chi connectivity index (χ2n) is 7.46. The lowest BCUT2D eigenvalue weighted by Crippen LogP contribution is -2.42. The zero-order valence-electron chi connectivity index (χ0n) is 17.7. The molecule has 13 heteroatoms. The Morgan fingerprint density at radius 2 is 1.82 bits per heavy atom. The van der Waals surface area contributed by atoms with Gasteiger partial charge in [0.2, 0.25) is 15.8 Å². The molecule has 3 heterocycles. The Morgan fingerprint density at radius 3 is 2.41 bits per heavy atom. The van der Waals surface area contributed by atoms with Crippen LogP contribution < -0.4 is 11.1 Å². The Labute approximate surface area is 198 Å². The number of benzene rings is 1. The summed E-state index contributed by atoms with van der Waals surface area (Å²) in [7, 11) is -3.74. The van der Waals surface area contributed by atoms with Gasteiger partial charge in [-0.1, -0.05) is 24.0 Å². The normalized spacial score (nSPS) is 15.2. The van der Waals surface area contributed by atoms with Crippen LogP contribution in [0, 0.1) is 11.6 Å². The highest BCUT2D eigenvalue weighted by Gasteiger charge is 2.31. The molecule has 3 aromatic rings. The number of hydrogen-bond acceptors (Lipinski definition) is 9. The van der Waals surface area contributed by atoms with Gasteiger partial charge in [-0.25, -0.2) is 32.2 Å². The van der Waals surface area contributed by atoms with Crippen molar-refractivity contribution in [3.63, 3.8) is 0 Å². The zero-order valence-corrected chi connectivity index (χ0v) is 19.4. The van der Waals surface area contributed by atoms with Crippen molar-refractivity contribution in [3.05, 3.63) is 65.1 Å². The lowest BCUT2D eigenvalue weighted by molar-refractivity contribution is 0.103. The molecule has 0 bridgehead atoms. The first-order valence-electron chi connectivity index (χ1n) is 10.2. The van der Waals surface area contributed by atoms with E-state index in [1.54, 1.807) is 0 Å². The molecule has 0 aliphatic carbocycles. The topological polar surface area (TPSA) is 131 Å². The predicted octanol–water partition coefficient (Wildman–Crippen LogP) is 2.93. The Kier molecular flexibility index (Phi) is 6.68. The van der Waals surface area contributed by atoms with Gasteiger partial charge in [0, 0.05) is 19.1 Å². The van der Waals surface area contributed by atoms with E-state index in [4.69, 9.17) is 5.73 Å². The van der Waals surface area contributed by atoms with Gasteiger partial charge in [-0.2, -0.15) is 4.31 Å². The third kappa shape index (κ3) is 4.67. The van der Waals surface area contributed by atoms with Crippen molar-refractivity contribution >= 4 is 44.2 Å². The fourth-order valence-electron chi connectivity index (χ4n) is 3.51. The molecule has 4 rings (SSSR count). The lowest BCUT2D eigenvalue weighted by Gasteiger charge is -2.31. The highest BCUT2D eigenvalue weighted by molar-refractivity contribution is 7.89. The zero-order chi connectivity index (χ0) is 24.5. The van der Waals surface area contributed by atoms with Crippen molar-refractivity contribution < 1.29 is 22.0 Å². The molecule has 1 saturated heterocycles. The number of nitrogens with two attached hydrogens (primary N) is 1. The first-order valence-corrected chi connectivity index (χ1v) is 12.4. The van der Waals surface area contributed by atoms with Gasteiger partial charge in [0.15, 0.2) is 11.0 Å². The van der Waals surface area contributed by atoms with Crippen LogP contribution in [0.15, 0.2) is 42.1 Å². The molecule has 3 N–H and O–H groups in total. The molecular weight excluding hydrogens is 486 g/mol. The average Bonchev–Trinajstić information content (AvgIpc) is 3.19. The maximum Gasteiger partial charge on any atom is 0.246 e. The second kappa shape index (κ2) is 9.52. The molecule has 0 spiro atoms. The van der Waals surface area contributed by atoms with Crippen LogP contribution in [0.4, 0.5) is 19.7 Å². The summed E-state index contributed by atoms with van der Waals surface area (Å²) >= 11 is 0.894. The molecule has 34 heavy (non-hydrogen) atoms. The number of sulfonamides is 1. The van der Waals surface area contributed by atoms with Crippen LogP contribution in [-0.4, -0.2) is 52.6 Å².